The smallest absolute Gasteiger partial charge is 0.872 e. The van der Waals surface area contributed by atoms with Crippen molar-refractivity contribution in [1.29, 1.82) is 0 Å². The Kier molecular flexibility index (Phi) is 5.02. The molecule has 1 N–H and O–H groups in total. The first kappa shape index (κ1) is 14.4. The molecular formula is C14H15BeNO2+2. The van der Waals surface area contributed by atoms with Crippen molar-refractivity contribution >= 4 is 10.1 Å². The molecule has 0 aliphatic heterocycles. The van der Waals surface area contributed by atoms with Gasteiger partial charge in [-0.3, -0.25) is 0 Å². The van der Waals surface area contributed by atoms with E-state index in [0.717, 1.165) is 11.4 Å². The standard InChI is InChI=1S/C14H15NO2.Be/c1-10(17-2)12-7-5-8-13(15-12)11-6-3-4-9-14(11)16;/h3-10,16H,1-2H3;/q;+2. The quantitative estimate of drug-likeness (QED) is 0.762. The van der Waals surface area contributed by atoms with Crippen molar-refractivity contribution in [1.82, 2.24) is 0 Å². The minimum atomic E-state index is -0.0197. The van der Waals surface area contributed by atoms with Crippen LogP contribution in [0.2, 0.25) is 0 Å². The van der Waals surface area contributed by atoms with Crippen molar-refractivity contribution in [2.45, 2.75) is 13.0 Å². The number of rotatable bonds is 3. The van der Waals surface area contributed by atoms with E-state index in [2.05, 4.69) is 4.98 Å². The van der Waals surface area contributed by atoms with E-state index in [4.69, 9.17) is 4.74 Å². The summed E-state index contributed by atoms with van der Waals surface area (Å²) >= 11 is 0. The number of aromatic nitrogens is 1. The third kappa shape index (κ3) is 2.95. The van der Waals surface area contributed by atoms with E-state index in [1.807, 2.05) is 37.3 Å². The van der Waals surface area contributed by atoms with E-state index in [1.54, 1.807) is 19.2 Å². The number of aromatic amines is 1. The zero-order valence-corrected chi connectivity index (χ0v) is 10.6. The van der Waals surface area contributed by atoms with Crippen molar-refractivity contribution in [2.24, 2.45) is 0 Å². The molecule has 1 heterocycles. The van der Waals surface area contributed by atoms with Crippen LogP contribution in [0.3, 0.4) is 0 Å². The number of hydrogen-bond donors (Lipinski definition) is 0. The van der Waals surface area contributed by atoms with Crippen molar-refractivity contribution in [2.75, 3.05) is 7.11 Å². The molecule has 0 bridgehead atoms. The molecule has 0 fully saturated rings. The maximum absolute atomic E-state index is 11.7. The van der Waals surface area contributed by atoms with Crippen molar-refractivity contribution in [3.05, 3.63) is 48.2 Å². The number of nitrogens with one attached hydrogen (secondary N) is 1. The van der Waals surface area contributed by atoms with Gasteiger partial charge in [0.1, 0.15) is 6.10 Å². The molecule has 3 nitrogen and oxygen atoms in total. The van der Waals surface area contributed by atoms with Gasteiger partial charge in [-0.1, -0.05) is 23.9 Å². The van der Waals surface area contributed by atoms with Gasteiger partial charge in [-0.05, 0) is 19.1 Å². The molecular weight excluding hydrogens is 223 g/mol. The van der Waals surface area contributed by atoms with Crippen molar-refractivity contribution < 1.29 is 14.8 Å². The second-order valence-electron chi connectivity index (χ2n) is 3.89. The molecule has 88 valence electrons. The van der Waals surface area contributed by atoms with Crippen LogP contribution in [0.4, 0.5) is 0 Å². The van der Waals surface area contributed by atoms with Gasteiger partial charge < -0.3 is 9.84 Å². The Morgan fingerprint density at radius 1 is 1.11 bits per heavy atom. The number of hydrogen-bond acceptors (Lipinski definition) is 2. The van der Waals surface area contributed by atoms with Gasteiger partial charge in [0.05, 0.1) is 0 Å². The normalized spacial score (nSPS) is 11.7. The second-order valence-corrected chi connectivity index (χ2v) is 3.89. The Labute approximate surface area is 111 Å². The largest absolute Gasteiger partial charge is 2.00 e. The van der Waals surface area contributed by atoms with Gasteiger partial charge in [0, 0.05) is 24.8 Å². The van der Waals surface area contributed by atoms with E-state index in [1.165, 1.54) is 0 Å². The summed E-state index contributed by atoms with van der Waals surface area (Å²) in [5, 5.41) is 11.7. The molecule has 0 spiro atoms. The number of ether oxygens (including phenoxy) is 1. The summed E-state index contributed by atoms with van der Waals surface area (Å²) < 4.78 is 5.25. The van der Waals surface area contributed by atoms with Crippen LogP contribution in [0.5, 0.6) is 5.75 Å². The molecule has 0 saturated heterocycles. The van der Waals surface area contributed by atoms with E-state index >= 15 is 0 Å². The number of para-hydroxylation sites is 1. The van der Waals surface area contributed by atoms with E-state index in [9.17, 15) is 5.11 Å². The summed E-state index contributed by atoms with van der Waals surface area (Å²) in [4.78, 5) is 3.23. The Balaban J connectivity index is 0.00000162. The molecule has 0 aliphatic rings. The first-order valence-corrected chi connectivity index (χ1v) is 5.54. The predicted octanol–water partition coefficient (Wildman–Crippen LogP) is 1.57. The van der Waals surface area contributed by atoms with Crippen LogP contribution in [0, 0.1) is 0 Å². The predicted molar refractivity (Wildman–Crippen MR) is 69.1 cm³/mol. The zero-order chi connectivity index (χ0) is 12.3. The van der Waals surface area contributed by atoms with E-state index < -0.39 is 0 Å². The Bertz CT molecular complexity index is 517. The summed E-state index contributed by atoms with van der Waals surface area (Å²) in [6.07, 6.45) is -0.0197. The van der Waals surface area contributed by atoms with Crippen LogP contribution in [0.25, 0.3) is 11.3 Å². The van der Waals surface area contributed by atoms with Gasteiger partial charge in [0.2, 0.25) is 11.4 Å². The number of benzene rings is 1. The maximum atomic E-state index is 11.7. The fraction of sp³-hybridized carbons (Fsp3) is 0.214. The number of pyridine rings is 1. The molecule has 18 heavy (non-hydrogen) atoms. The number of methoxy groups -OCH3 is 1. The van der Waals surface area contributed by atoms with E-state index in [-0.39, 0.29) is 22.0 Å². The van der Waals surface area contributed by atoms with Crippen LogP contribution in [-0.4, -0.2) is 17.2 Å². The van der Waals surface area contributed by atoms with Crippen molar-refractivity contribution in [3.8, 4) is 17.0 Å². The summed E-state index contributed by atoms with van der Waals surface area (Å²) in [6.45, 7) is 1.96. The average molecular weight is 238 g/mol. The molecule has 1 aromatic heterocycles. The maximum Gasteiger partial charge on any atom is 2.00 e. The zero-order valence-electron chi connectivity index (χ0n) is 10.6. The fourth-order valence-corrected chi connectivity index (χ4v) is 1.70. The molecule has 1 atom stereocenters. The van der Waals surface area contributed by atoms with Crippen LogP contribution in [0.15, 0.2) is 42.5 Å². The Hall–Kier alpha value is -1.70. The van der Waals surface area contributed by atoms with E-state index in [0.29, 0.717) is 5.56 Å². The summed E-state index contributed by atoms with van der Waals surface area (Å²) in [5.74, 6) is 0.0194. The molecule has 2 rings (SSSR count). The van der Waals surface area contributed by atoms with Gasteiger partial charge in [0.15, 0.2) is 0 Å². The number of H-pyrrole nitrogens is 1. The molecule has 0 aliphatic carbocycles. The first-order valence-electron chi connectivity index (χ1n) is 5.54. The second kappa shape index (κ2) is 6.29. The summed E-state index contributed by atoms with van der Waals surface area (Å²) in [5.41, 5.74) is 2.45. The van der Waals surface area contributed by atoms with Crippen LogP contribution >= 0.6 is 0 Å². The van der Waals surface area contributed by atoms with Crippen LogP contribution < -0.4 is 10.1 Å². The van der Waals surface area contributed by atoms with Gasteiger partial charge in [-0.25, -0.2) is 4.98 Å². The average Bonchev–Trinajstić information content (AvgIpc) is 2.38. The molecule has 1 aromatic carbocycles. The Morgan fingerprint density at radius 2 is 1.83 bits per heavy atom. The van der Waals surface area contributed by atoms with Gasteiger partial charge in [0.25, 0.3) is 0 Å². The van der Waals surface area contributed by atoms with Crippen LogP contribution in [-0.2, 0) is 4.74 Å². The summed E-state index contributed by atoms with van der Waals surface area (Å²) in [7, 11) is 1.66. The fourth-order valence-electron chi connectivity index (χ4n) is 1.70. The van der Waals surface area contributed by atoms with Gasteiger partial charge in [-0.2, -0.15) is 0 Å². The molecule has 1 unspecified atom stereocenters. The first-order chi connectivity index (χ1) is 8.22. The third-order valence-electron chi connectivity index (χ3n) is 2.79. The molecule has 2 aromatic rings. The molecule has 0 amide bonds. The third-order valence-corrected chi connectivity index (χ3v) is 2.79. The van der Waals surface area contributed by atoms with Crippen molar-refractivity contribution in [3.63, 3.8) is 0 Å². The molecule has 0 saturated carbocycles. The monoisotopic (exact) mass is 238 g/mol. The molecule has 0 radical (unpaired) electrons. The minimum absolute atomic E-state index is 0. The minimum Gasteiger partial charge on any atom is -0.872 e. The summed E-state index contributed by atoms with van der Waals surface area (Å²) in [6, 6.07) is 12.7. The van der Waals surface area contributed by atoms with Gasteiger partial charge >= 0.3 is 10.1 Å². The molecule has 4 heteroatoms. The van der Waals surface area contributed by atoms with Crippen LogP contribution in [0.1, 0.15) is 18.7 Å². The van der Waals surface area contributed by atoms with Gasteiger partial charge in [-0.15, -0.1) is 0 Å². The SMILES string of the molecule is COC(C)c1cccc(-c2ccccc2[O-])[nH+]1.[Be+2]. The Morgan fingerprint density at radius 3 is 2.50 bits per heavy atom. The topological polar surface area (TPSA) is 46.4 Å².